The van der Waals surface area contributed by atoms with Crippen molar-refractivity contribution in [2.24, 2.45) is 5.92 Å². The maximum atomic E-state index is 3.75. The molecular weight excluding hydrogens is 244 g/mol. The molecule has 0 bridgehead atoms. The zero-order valence-corrected chi connectivity index (χ0v) is 12.8. The molecule has 2 aliphatic rings. The van der Waals surface area contributed by atoms with Gasteiger partial charge in [-0.25, -0.2) is 0 Å². The summed E-state index contributed by atoms with van der Waals surface area (Å²) in [5.41, 5.74) is 4.66. The molecule has 1 heterocycles. The average molecular weight is 272 g/mol. The molecule has 1 atom stereocenters. The molecule has 1 aromatic rings. The van der Waals surface area contributed by atoms with E-state index >= 15 is 0 Å². The van der Waals surface area contributed by atoms with Crippen LogP contribution in [0.2, 0.25) is 0 Å². The van der Waals surface area contributed by atoms with Gasteiger partial charge >= 0.3 is 0 Å². The summed E-state index contributed by atoms with van der Waals surface area (Å²) >= 11 is 0. The minimum atomic E-state index is 0.483. The van der Waals surface area contributed by atoms with Crippen LogP contribution in [0.1, 0.15) is 55.3 Å². The Kier molecular flexibility index (Phi) is 4.74. The van der Waals surface area contributed by atoms with E-state index in [0.29, 0.717) is 6.04 Å². The summed E-state index contributed by atoms with van der Waals surface area (Å²) in [5, 5.41) is 7.19. The molecule has 2 heteroatoms. The summed E-state index contributed by atoms with van der Waals surface area (Å²) in [5.74, 6) is 0.858. The predicted octanol–water partition coefficient (Wildman–Crippen LogP) is 3.22. The van der Waals surface area contributed by atoms with E-state index in [9.17, 15) is 0 Å². The summed E-state index contributed by atoms with van der Waals surface area (Å²) in [6, 6.07) is 7.64. The number of hydrogen-bond acceptors (Lipinski definition) is 2. The van der Waals surface area contributed by atoms with Crippen molar-refractivity contribution < 1.29 is 0 Å². The molecule has 0 aromatic heterocycles. The Morgan fingerprint density at radius 1 is 1.15 bits per heavy atom. The van der Waals surface area contributed by atoms with Gasteiger partial charge in [0, 0.05) is 6.04 Å². The van der Waals surface area contributed by atoms with E-state index in [4.69, 9.17) is 0 Å². The van der Waals surface area contributed by atoms with Gasteiger partial charge in [0.15, 0.2) is 0 Å². The van der Waals surface area contributed by atoms with E-state index in [2.05, 4.69) is 35.8 Å². The highest BCUT2D eigenvalue weighted by molar-refractivity contribution is 5.35. The fourth-order valence-corrected chi connectivity index (χ4v) is 3.57. The van der Waals surface area contributed by atoms with E-state index < -0.39 is 0 Å². The zero-order chi connectivity index (χ0) is 13.8. The molecule has 3 rings (SSSR count). The maximum Gasteiger partial charge on any atom is 0.0292 e. The number of fused-ring (bicyclic) bond motifs is 1. The largest absolute Gasteiger partial charge is 0.317 e. The SMILES string of the molecule is CC(NCC1CCNCC1)c1ccc2c(c1)CCCC2. The minimum Gasteiger partial charge on any atom is -0.317 e. The van der Waals surface area contributed by atoms with E-state index in [1.54, 1.807) is 11.1 Å². The number of hydrogen-bond donors (Lipinski definition) is 2. The molecule has 1 aliphatic heterocycles. The predicted molar refractivity (Wildman–Crippen MR) is 85.1 cm³/mol. The van der Waals surface area contributed by atoms with Crippen molar-refractivity contribution in [2.75, 3.05) is 19.6 Å². The Bertz CT molecular complexity index is 435. The first-order valence-electron chi connectivity index (χ1n) is 8.39. The van der Waals surface area contributed by atoms with Gasteiger partial charge in [0.05, 0.1) is 0 Å². The van der Waals surface area contributed by atoms with Gasteiger partial charge < -0.3 is 10.6 Å². The molecule has 1 fully saturated rings. The van der Waals surface area contributed by atoms with Crippen LogP contribution >= 0.6 is 0 Å². The summed E-state index contributed by atoms with van der Waals surface area (Å²) in [6.07, 6.45) is 7.95. The number of piperidine rings is 1. The van der Waals surface area contributed by atoms with Crippen LogP contribution in [-0.4, -0.2) is 19.6 Å². The third-order valence-corrected chi connectivity index (χ3v) is 5.04. The molecule has 2 N–H and O–H groups in total. The summed E-state index contributed by atoms with van der Waals surface area (Å²) in [4.78, 5) is 0. The fraction of sp³-hybridized carbons (Fsp3) is 0.667. The third kappa shape index (κ3) is 3.42. The third-order valence-electron chi connectivity index (χ3n) is 5.04. The molecule has 0 amide bonds. The van der Waals surface area contributed by atoms with Crippen molar-refractivity contribution in [3.63, 3.8) is 0 Å². The molecular formula is C18H28N2. The summed E-state index contributed by atoms with van der Waals surface area (Å²) in [6.45, 7) is 5.87. The van der Waals surface area contributed by atoms with Crippen molar-refractivity contribution in [2.45, 2.75) is 51.5 Å². The Morgan fingerprint density at radius 3 is 2.70 bits per heavy atom. The highest BCUT2D eigenvalue weighted by atomic mass is 14.9. The van der Waals surface area contributed by atoms with Crippen LogP contribution in [0, 0.1) is 5.92 Å². The van der Waals surface area contributed by atoms with Crippen molar-refractivity contribution in [3.8, 4) is 0 Å². The molecule has 2 nitrogen and oxygen atoms in total. The number of benzene rings is 1. The second-order valence-corrected chi connectivity index (χ2v) is 6.56. The van der Waals surface area contributed by atoms with Crippen LogP contribution in [0.4, 0.5) is 0 Å². The first-order valence-corrected chi connectivity index (χ1v) is 8.39. The zero-order valence-electron chi connectivity index (χ0n) is 12.8. The Balaban J connectivity index is 1.57. The number of nitrogens with one attached hydrogen (secondary N) is 2. The molecule has 1 aliphatic carbocycles. The van der Waals surface area contributed by atoms with Gasteiger partial charge in [0.2, 0.25) is 0 Å². The van der Waals surface area contributed by atoms with Crippen molar-refractivity contribution in [3.05, 3.63) is 34.9 Å². The molecule has 1 unspecified atom stereocenters. The second kappa shape index (κ2) is 6.73. The monoisotopic (exact) mass is 272 g/mol. The van der Waals surface area contributed by atoms with Crippen LogP contribution in [-0.2, 0) is 12.8 Å². The normalized spacial score (nSPS) is 21.4. The topological polar surface area (TPSA) is 24.1 Å². The summed E-state index contributed by atoms with van der Waals surface area (Å²) < 4.78 is 0. The molecule has 1 saturated heterocycles. The lowest BCUT2D eigenvalue weighted by Crippen LogP contribution is -2.34. The van der Waals surface area contributed by atoms with Crippen LogP contribution in [0.3, 0.4) is 0 Å². The molecule has 0 saturated carbocycles. The molecule has 1 aromatic carbocycles. The molecule has 20 heavy (non-hydrogen) atoms. The van der Waals surface area contributed by atoms with Gasteiger partial charge in [-0.05, 0) is 87.7 Å². The Labute approximate surface area is 123 Å². The first kappa shape index (κ1) is 14.1. The second-order valence-electron chi connectivity index (χ2n) is 6.56. The fourth-order valence-electron chi connectivity index (χ4n) is 3.57. The highest BCUT2D eigenvalue weighted by Crippen LogP contribution is 2.25. The quantitative estimate of drug-likeness (QED) is 0.879. The first-order chi connectivity index (χ1) is 9.83. The molecule has 0 radical (unpaired) electrons. The van der Waals surface area contributed by atoms with E-state index in [0.717, 1.165) is 5.92 Å². The molecule has 0 spiro atoms. The van der Waals surface area contributed by atoms with E-state index in [1.807, 2.05) is 0 Å². The summed E-state index contributed by atoms with van der Waals surface area (Å²) in [7, 11) is 0. The lowest BCUT2D eigenvalue weighted by atomic mass is 9.89. The minimum absolute atomic E-state index is 0.483. The van der Waals surface area contributed by atoms with Crippen LogP contribution in [0.25, 0.3) is 0 Å². The van der Waals surface area contributed by atoms with Crippen LogP contribution in [0.5, 0.6) is 0 Å². The molecule has 110 valence electrons. The standard InChI is InChI=1S/C18H28N2/c1-14(20-13-15-8-10-19-11-9-15)17-7-6-16-4-2-3-5-18(16)12-17/h6-7,12,14-15,19-20H,2-5,8-11,13H2,1H3. The van der Waals surface area contributed by atoms with Crippen molar-refractivity contribution in [1.82, 2.24) is 10.6 Å². The number of rotatable bonds is 4. The Hall–Kier alpha value is -0.860. The van der Waals surface area contributed by atoms with E-state index in [-0.39, 0.29) is 0 Å². The Morgan fingerprint density at radius 2 is 1.90 bits per heavy atom. The lowest BCUT2D eigenvalue weighted by molar-refractivity contribution is 0.345. The van der Waals surface area contributed by atoms with Crippen LogP contribution in [0.15, 0.2) is 18.2 Å². The average Bonchev–Trinajstić information content (AvgIpc) is 2.53. The van der Waals surface area contributed by atoms with Gasteiger partial charge in [-0.3, -0.25) is 0 Å². The number of aryl methyl sites for hydroxylation is 2. The van der Waals surface area contributed by atoms with Gasteiger partial charge in [-0.15, -0.1) is 0 Å². The van der Waals surface area contributed by atoms with Crippen LogP contribution < -0.4 is 10.6 Å². The smallest absolute Gasteiger partial charge is 0.0292 e. The van der Waals surface area contributed by atoms with Crippen molar-refractivity contribution >= 4 is 0 Å². The van der Waals surface area contributed by atoms with Gasteiger partial charge in [0.25, 0.3) is 0 Å². The highest BCUT2D eigenvalue weighted by Gasteiger charge is 2.15. The van der Waals surface area contributed by atoms with Gasteiger partial charge in [-0.2, -0.15) is 0 Å². The lowest BCUT2D eigenvalue weighted by Gasteiger charge is -2.25. The van der Waals surface area contributed by atoms with Crippen molar-refractivity contribution in [1.29, 1.82) is 0 Å². The maximum absolute atomic E-state index is 3.75. The van der Waals surface area contributed by atoms with Gasteiger partial charge in [0.1, 0.15) is 0 Å². The van der Waals surface area contributed by atoms with E-state index in [1.165, 1.54) is 63.7 Å². The van der Waals surface area contributed by atoms with Gasteiger partial charge in [-0.1, -0.05) is 18.2 Å².